The molecule has 1 amide bonds. The zero-order valence-electron chi connectivity index (χ0n) is 15.6. The number of thioether (sulfide) groups is 1. The first-order valence-corrected chi connectivity index (χ1v) is 10.2. The Hall–Kier alpha value is -3.29. The second-order valence-corrected chi connectivity index (χ2v) is 7.80. The van der Waals surface area contributed by atoms with E-state index in [1.165, 1.54) is 16.7 Å². The highest BCUT2D eigenvalue weighted by Crippen LogP contribution is 2.34. The highest BCUT2D eigenvalue weighted by atomic mass is 35.5. The minimum absolute atomic E-state index is 0.176. The lowest BCUT2D eigenvalue weighted by atomic mass is 10.2. The SMILES string of the molecule is O=C1/C(=C/c2ccc(Cl)cc2)S/C(=N/N=C\c2ccc(O)cc2)N1Cc1ccco1. The van der Waals surface area contributed by atoms with Crippen molar-refractivity contribution in [2.45, 2.75) is 6.54 Å². The third-order valence-corrected chi connectivity index (χ3v) is 5.44. The largest absolute Gasteiger partial charge is 0.508 e. The number of halogens is 1. The van der Waals surface area contributed by atoms with E-state index in [0.29, 0.717) is 20.9 Å². The van der Waals surface area contributed by atoms with Crippen molar-refractivity contribution in [1.82, 2.24) is 4.90 Å². The van der Waals surface area contributed by atoms with Gasteiger partial charge in [0, 0.05) is 5.02 Å². The highest BCUT2D eigenvalue weighted by Gasteiger charge is 2.34. The molecule has 3 aromatic rings. The average Bonchev–Trinajstić information content (AvgIpc) is 3.35. The summed E-state index contributed by atoms with van der Waals surface area (Å²) in [4.78, 5) is 15.0. The molecule has 8 heteroatoms. The molecule has 4 rings (SSSR count). The molecule has 1 saturated heterocycles. The van der Waals surface area contributed by atoms with Gasteiger partial charge in [-0.05, 0) is 77.5 Å². The molecule has 0 radical (unpaired) electrons. The van der Waals surface area contributed by atoms with E-state index in [1.807, 2.05) is 12.1 Å². The normalized spacial score (nSPS) is 17.0. The van der Waals surface area contributed by atoms with Gasteiger partial charge < -0.3 is 9.52 Å². The number of benzene rings is 2. The molecule has 30 heavy (non-hydrogen) atoms. The van der Waals surface area contributed by atoms with Crippen LogP contribution in [0.3, 0.4) is 0 Å². The number of aromatic hydroxyl groups is 1. The molecule has 2 heterocycles. The van der Waals surface area contributed by atoms with Gasteiger partial charge in [-0.2, -0.15) is 5.10 Å². The van der Waals surface area contributed by atoms with Gasteiger partial charge in [0.25, 0.3) is 5.91 Å². The topological polar surface area (TPSA) is 78.4 Å². The van der Waals surface area contributed by atoms with Crippen molar-refractivity contribution in [2.24, 2.45) is 10.2 Å². The van der Waals surface area contributed by atoms with Gasteiger partial charge in [0.2, 0.25) is 0 Å². The van der Waals surface area contributed by atoms with Crippen LogP contribution in [0.25, 0.3) is 6.08 Å². The number of amides is 1. The van der Waals surface area contributed by atoms with E-state index in [-0.39, 0.29) is 18.2 Å². The third-order valence-electron chi connectivity index (χ3n) is 4.19. The molecule has 1 aliphatic rings. The van der Waals surface area contributed by atoms with E-state index < -0.39 is 0 Å². The summed E-state index contributed by atoms with van der Waals surface area (Å²) in [6, 6.07) is 17.4. The van der Waals surface area contributed by atoms with Crippen molar-refractivity contribution < 1.29 is 14.3 Å². The van der Waals surface area contributed by atoms with Gasteiger partial charge in [0.1, 0.15) is 11.5 Å². The van der Waals surface area contributed by atoms with Crippen LogP contribution in [0.2, 0.25) is 5.02 Å². The summed E-state index contributed by atoms with van der Waals surface area (Å²) in [5, 5.41) is 18.8. The van der Waals surface area contributed by atoms with Crippen molar-refractivity contribution >= 4 is 46.7 Å². The lowest BCUT2D eigenvalue weighted by Crippen LogP contribution is -2.28. The molecular weight excluding hydrogens is 422 g/mol. The van der Waals surface area contributed by atoms with E-state index >= 15 is 0 Å². The molecule has 1 fully saturated rings. The molecule has 1 aromatic heterocycles. The molecule has 1 N–H and O–H groups in total. The number of carbonyl (C=O) groups excluding carboxylic acids is 1. The standard InChI is InChI=1S/C22H16ClN3O3S/c23-17-7-3-15(4-8-17)12-20-21(28)26(14-19-2-1-11-29-19)22(30-20)25-24-13-16-5-9-18(27)10-6-16/h1-13,27H,14H2/b20-12-,24-13-,25-22+. The lowest BCUT2D eigenvalue weighted by Gasteiger charge is -2.12. The van der Waals surface area contributed by atoms with Crippen molar-refractivity contribution in [3.05, 3.63) is 93.7 Å². The van der Waals surface area contributed by atoms with Gasteiger partial charge in [-0.3, -0.25) is 9.69 Å². The van der Waals surface area contributed by atoms with Crippen LogP contribution in [0.5, 0.6) is 5.75 Å². The van der Waals surface area contributed by atoms with Crippen molar-refractivity contribution in [3.63, 3.8) is 0 Å². The van der Waals surface area contributed by atoms with Gasteiger partial charge in [-0.15, -0.1) is 5.10 Å². The monoisotopic (exact) mass is 437 g/mol. The van der Waals surface area contributed by atoms with Gasteiger partial charge >= 0.3 is 0 Å². The number of rotatable bonds is 5. The zero-order chi connectivity index (χ0) is 20.9. The highest BCUT2D eigenvalue weighted by molar-refractivity contribution is 8.18. The second-order valence-electron chi connectivity index (χ2n) is 6.35. The predicted octanol–water partition coefficient (Wildman–Crippen LogP) is 5.15. The molecule has 0 atom stereocenters. The summed E-state index contributed by atoms with van der Waals surface area (Å²) in [6.07, 6.45) is 4.92. The van der Waals surface area contributed by atoms with Crippen molar-refractivity contribution in [3.8, 4) is 5.75 Å². The van der Waals surface area contributed by atoms with Crippen LogP contribution in [-0.4, -0.2) is 27.3 Å². The third kappa shape index (κ3) is 4.82. The second kappa shape index (κ2) is 9.02. The molecule has 150 valence electrons. The average molecular weight is 438 g/mol. The summed E-state index contributed by atoms with van der Waals surface area (Å²) >= 11 is 7.18. The summed E-state index contributed by atoms with van der Waals surface area (Å²) < 4.78 is 5.39. The molecule has 0 bridgehead atoms. The number of furan rings is 1. The molecule has 1 aliphatic heterocycles. The predicted molar refractivity (Wildman–Crippen MR) is 119 cm³/mol. The quantitative estimate of drug-likeness (QED) is 0.340. The Morgan fingerprint density at radius 2 is 1.80 bits per heavy atom. The number of hydrogen-bond acceptors (Lipinski definition) is 6. The molecular formula is C22H16ClN3O3S. The van der Waals surface area contributed by atoms with Gasteiger partial charge in [0.05, 0.1) is 23.9 Å². The maximum Gasteiger partial charge on any atom is 0.267 e. The summed E-state index contributed by atoms with van der Waals surface area (Å²) in [7, 11) is 0. The van der Waals surface area contributed by atoms with E-state index in [1.54, 1.807) is 67.1 Å². The van der Waals surface area contributed by atoms with Crippen molar-refractivity contribution in [2.75, 3.05) is 0 Å². The Kier molecular flexibility index (Phi) is 6.02. The fourth-order valence-electron chi connectivity index (χ4n) is 2.70. The van der Waals surface area contributed by atoms with Crippen molar-refractivity contribution in [1.29, 1.82) is 0 Å². The maximum absolute atomic E-state index is 13.0. The lowest BCUT2D eigenvalue weighted by molar-refractivity contribution is -0.122. The van der Waals surface area contributed by atoms with E-state index in [4.69, 9.17) is 16.0 Å². The van der Waals surface area contributed by atoms with Gasteiger partial charge in [-0.1, -0.05) is 23.7 Å². The smallest absolute Gasteiger partial charge is 0.267 e. The Bertz CT molecular complexity index is 1120. The summed E-state index contributed by atoms with van der Waals surface area (Å²) in [5.74, 6) is 0.647. The van der Waals surface area contributed by atoms with Crippen LogP contribution in [0, 0.1) is 0 Å². The Balaban J connectivity index is 1.60. The van der Waals surface area contributed by atoms with E-state index in [0.717, 1.165) is 11.1 Å². The van der Waals surface area contributed by atoms with Crippen LogP contribution in [-0.2, 0) is 11.3 Å². The Morgan fingerprint density at radius 1 is 1.07 bits per heavy atom. The molecule has 0 saturated carbocycles. The molecule has 6 nitrogen and oxygen atoms in total. The number of nitrogens with zero attached hydrogens (tertiary/aromatic N) is 3. The number of phenols is 1. The summed E-state index contributed by atoms with van der Waals surface area (Å²) in [5.41, 5.74) is 1.64. The number of hydrogen-bond donors (Lipinski definition) is 1. The van der Waals surface area contributed by atoms with Crippen LogP contribution in [0.15, 0.2) is 86.5 Å². The fraction of sp³-hybridized carbons (Fsp3) is 0.0455. The Labute approximate surface area is 182 Å². The minimum Gasteiger partial charge on any atom is -0.508 e. The van der Waals surface area contributed by atoms with Crippen LogP contribution < -0.4 is 0 Å². The zero-order valence-corrected chi connectivity index (χ0v) is 17.2. The molecule has 0 aliphatic carbocycles. The Morgan fingerprint density at radius 3 is 2.50 bits per heavy atom. The van der Waals surface area contributed by atoms with E-state index in [9.17, 15) is 9.90 Å². The molecule has 0 spiro atoms. The van der Waals surface area contributed by atoms with E-state index in [2.05, 4.69) is 10.2 Å². The first-order valence-electron chi connectivity index (χ1n) is 8.98. The van der Waals surface area contributed by atoms with Crippen LogP contribution in [0.1, 0.15) is 16.9 Å². The number of amidine groups is 1. The fourth-order valence-corrected chi connectivity index (χ4v) is 3.76. The first-order chi connectivity index (χ1) is 14.6. The van der Waals surface area contributed by atoms with Crippen LogP contribution in [0.4, 0.5) is 0 Å². The van der Waals surface area contributed by atoms with Gasteiger partial charge in [0.15, 0.2) is 5.17 Å². The van der Waals surface area contributed by atoms with Gasteiger partial charge in [-0.25, -0.2) is 0 Å². The first kappa shape index (κ1) is 20.0. The molecule has 0 unspecified atom stereocenters. The van der Waals surface area contributed by atoms with Crippen LogP contribution >= 0.6 is 23.4 Å². The molecule has 2 aromatic carbocycles. The maximum atomic E-state index is 13.0. The summed E-state index contributed by atoms with van der Waals surface area (Å²) in [6.45, 7) is 0.254. The number of carbonyl (C=O) groups is 1. The number of phenolic OH excluding ortho intramolecular Hbond substituents is 1. The minimum atomic E-state index is -0.176.